The van der Waals surface area contributed by atoms with E-state index in [9.17, 15) is 14.4 Å². The molecule has 410 valence electrons. The minimum absolute atomic E-state index is 0.0812. The quantitative estimate of drug-likeness (QED) is 0.0199. The first-order chi connectivity index (χ1) is 34.5. The summed E-state index contributed by atoms with van der Waals surface area (Å²) < 4.78 is 16.9. The topological polar surface area (TPSA) is 78.9 Å². The van der Waals surface area contributed by atoms with Gasteiger partial charge in [-0.1, -0.05) is 282 Å². The van der Waals surface area contributed by atoms with E-state index >= 15 is 0 Å². The van der Waals surface area contributed by atoms with Crippen LogP contribution in [0.1, 0.15) is 335 Å². The standard InChI is InChI=1S/C64H118O6/c1-4-7-10-13-16-19-22-25-28-31-33-36-39-42-45-48-51-54-57-63(66)69-60-61(59-68-62(65)56-53-50-47-44-41-38-35-30-27-24-21-18-15-12-9-6-3)70-64(67)58-55-52-49-46-43-40-37-34-32-29-26-23-20-17-14-11-8-5-2/h30,33,35-36,38,41,61H,4-29,31-32,34,37,39-40,42-60H2,1-3H3/b35-30-,36-33-,41-38-. The monoisotopic (exact) mass is 983 g/mol. The number of ether oxygens (including phenoxy) is 3. The number of hydrogen-bond acceptors (Lipinski definition) is 6. The Hall–Kier alpha value is -2.37. The van der Waals surface area contributed by atoms with Crippen molar-refractivity contribution in [1.29, 1.82) is 0 Å². The molecular formula is C64H118O6. The van der Waals surface area contributed by atoms with Gasteiger partial charge in [0.1, 0.15) is 13.2 Å². The highest BCUT2D eigenvalue weighted by molar-refractivity contribution is 5.71. The molecule has 0 heterocycles. The maximum Gasteiger partial charge on any atom is 0.306 e. The number of carbonyl (C=O) groups excluding carboxylic acids is 3. The molecule has 0 amide bonds. The molecule has 6 heteroatoms. The van der Waals surface area contributed by atoms with E-state index in [0.29, 0.717) is 19.3 Å². The van der Waals surface area contributed by atoms with Crippen LogP contribution in [0.25, 0.3) is 0 Å². The molecular weight excluding hydrogens is 865 g/mol. The summed E-state index contributed by atoms with van der Waals surface area (Å²) in [5.41, 5.74) is 0. The predicted octanol–water partition coefficient (Wildman–Crippen LogP) is 20.8. The van der Waals surface area contributed by atoms with E-state index in [2.05, 4.69) is 57.2 Å². The first-order valence-corrected chi connectivity index (χ1v) is 31.0. The number of carbonyl (C=O) groups is 3. The van der Waals surface area contributed by atoms with Crippen molar-refractivity contribution >= 4 is 17.9 Å². The van der Waals surface area contributed by atoms with Crippen LogP contribution < -0.4 is 0 Å². The molecule has 0 aliphatic heterocycles. The van der Waals surface area contributed by atoms with E-state index in [1.54, 1.807) is 0 Å². The lowest BCUT2D eigenvalue weighted by molar-refractivity contribution is -0.167. The van der Waals surface area contributed by atoms with Gasteiger partial charge in [0, 0.05) is 19.3 Å². The third kappa shape index (κ3) is 56.5. The highest BCUT2D eigenvalue weighted by Gasteiger charge is 2.19. The summed E-state index contributed by atoms with van der Waals surface area (Å²) in [6.45, 7) is 6.66. The minimum atomic E-state index is -0.784. The largest absolute Gasteiger partial charge is 0.462 e. The Morgan fingerprint density at radius 2 is 0.514 bits per heavy atom. The second kappa shape index (κ2) is 59.2. The van der Waals surface area contributed by atoms with Gasteiger partial charge >= 0.3 is 17.9 Å². The number of esters is 3. The predicted molar refractivity (Wildman–Crippen MR) is 302 cm³/mol. The summed E-state index contributed by atoms with van der Waals surface area (Å²) in [5.74, 6) is -0.894. The van der Waals surface area contributed by atoms with Crippen molar-refractivity contribution in [2.75, 3.05) is 13.2 Å². The average molecular weight is 984 g/mol. The minimum Gasteiger partial charge on any atom is -0.462 e. The molecule has 0 saturated carbocycles. The number of hydrogen-bond donors (Lipinski definition) is 0. The van der Waals surface area contributed by atoms with Crippen LogP contribution in [-0.2, 0) is 28.6 Å². The fraction of sp³-hybridized carbons (Fsp3) is 0.859. The second-order valence-electron chi connectivity index (χ2n) is 21.0. The molecule has 0 N–H and O–H groups in total. The summed E-state index contributed by atoms with van der Waals surface area (Å²) in [7, 11) is 0. The molecule has 70 heavy (non-hydrogen) atoms. The maximum atomic E-state index is 12.9. The molecule has 0 rings (SSSR count). The van der Waals surface area contributed by atoms with E-state index in [4.69, 9.17) is 14.2 Å². The Morgan fingerprint density at radius 1 is 0.286 bits per heavy atom. The molecule has 0 aliphatic rings. The zero-order valence-corrected chi connectivity index (χ0v) is 47.1. The lowest BCUT2D eigenvalue weighted by atomic mass is 10.0. The first-order valence-electron chi connectivity index (χ1n) is 31.0. The Balaban J connectivity index is 4.38. The Labute approximate surface area is 435 Å². The van der Waals surface area contributed by atoms with Crippen molar-refractivity contribution in [2.45, 2.75) is 341 Å². The van der Waals surface area contributed by atoms with Crippen molar-refractivity contribution in [3.8, 4) is 0 Å². The molecule has 0 fully saturated rings. The molecule has 0 radical (unpaired) electrons. The third-order valence-electron chi connectivity index (χ3n) is 13.9. The molecule has 0 aliphatic carbocycles. The van der Waals surface area contributed by atoms with Crippen LogP contribution >= 0.6 is 0 Å². The molecule has 0 aromatic carbocycles. The van der Waals surface area contributed by atoms with Gasteiger partial charge in [0.15, 0.2) is 6.10 Å². The zero-order chi connectivity index (χ0) is 50.7. The molecule has 0 spiro atoms. The van der Waals surface area contributed by atoms with Crippen molar-refractivity contribution in [2.24, 2.45) is 0 Å². The Kier molecular flexibility index (Phi) is 57.2. The van der Waals surface area contributed by atoms with Gasteiger partial charge in [-0.15, -0.1) is 0 Å². The summed E-state index contributed by atoms with van der Waals surface area (Å²) >= 11 is 0. The molecule has 0 saturated heterocycles. The van der Waals surface area contributed by atoms with Crippen molar-refractivity contribution in [1.82, 2.24) is 0 Å². The van der Waals surface area contributed by atoms with Gasteiger partial charge < -0.3 is 14.2 Å². The summed E-state index contributed by atoms with van der Waals surface area (Å²) in [6.07, 6.45) is 71.4. The summed E-state index contributed by atoms with van der Waals surface area (Å²) in [4.78, 5) is 38.2. The van der Waals surface area contributed by atoms with Gasteiger partial charge in [-0.2, -0.15) is 0 Å². The summed E-state index contributed by atoms with van der Waals surface area (Å²) in [5, 5.41) is 0. The van der Waals surface area contributed by atoms with Gasteiger partial charge in [-0.3, -0.25) is 14.4 Å². The molecule has 6 nitrogen and oxygen atoms in total. The van der Waals surface area contributed by atoms with E-state index in [1.165, 1.54) is 218 Å². The smallest absolute Gasteiger partial charge is 0.306 e. The van der Waals surface area contributed by atoms with Crippen LogP contribution in [0.4, 0.5) is 0 Å². The number of unbranched alkanes of at least 4 members (excludes halogenated alkanes) is 41. The van der Waals surface area contributed by atoms with E-state index < -0.39 is 6.10 Å². The molecule has 0 aromatic heterocycles. The summed E-state index contributed by atoms with van der Waals surface area (Å²) in [6, 6.07) is 0. The van der Waals surface area contributed by atoms with Gasteiger partial charge in [-0.25, -0.2) is 0 Å². The molecule has 0 aromatic rings. The van der Waals surface area contributed by atoms with E-state index in [-0.39, 0.29) is 31.1 Å². The lowest BCUT2D eigenvalue weighted by Crippen LogP contribution is -2.30. The SMILES string of the molecule is CCCCCCCCC/C=C\C=C/CCCCCC(=O)OCC(COC(=O)CCCCCCC/C=C\CCCCCCCCCCC)OC(=O)CCCCCCCCCCCCCCCCCCCC. The van der Waals surface area contributed by atoms with Crippen LogP contribution in [0.3, 0.4) is 0 Å². The van der Waals surface area contributed by atoms with Gasteiger partial charge in [0.25, 0.3) is 0 Å². The molecule has 1 unspecified atom stereocenters. The van der Waals surface area contributed by atoms with Gasteiger partial charge in [0.2, 0.25) is 0 Å². The number of rotatable bonds is 57. The maximum absolute atomic E-state index is 12.9. The fourth-order valence-corrected chi connectivity index (χ4v) is 9.20. The van der Waals surface area contributed by atoms with Crippen LogP contribution in [-0.4, -0.2) is 37.2 Å². The van der Waals surface area contributed by atoms with Crippen LogP contribution in [0.15, 0.2) is 36.5 Å². The van der Waals surface area contributed by atoms with E-state index in [0.717, 1.165) is 77.0 Å². The Morgan fingerprint density at radius 3 is 0.814 bits per heavy atom. The van der Waals surface area contributed by atoms with Gasteiger partial charge in [-0.05, 0) is 70.6 Å². The fourth-order valence-electron chi connectivity index (χ4n) is 9.20. The van der Waals surface area contributed by atoms with Crippen LogP contribution in [0, 0.1) is 0 Å². The third-order valence-corrected chi connectivity index (χ3v) is 13.9. The number of allylic oxidation sites excluding steroid dienone is 6. The van der Waals surface area contributed by atoms with Crippen molar-refractivity contribution in [3.63, 3.8) is 0 Å². The highest BCUT2D eigenvalue weighted by Crippen LogP contribution is 2.17. The lowest BCUT2D eigenvalue weighted by Gasteiger charge is -2.18. The van der Waals surface area contributed by atoms with Crippen molar-refractivity contribution in [3.05, 3.63) is 36.5 Å². The van der Waals surface area contributed by atoms with E-state index in [1.807, 2.05) is 0 Å². The second-order valence-corrected chi connectivity index (χ2v) is 21.0. The normalized spacial score (nSPS) is 12.2. The van der Waals surface area contributed by atoms with Crippen molar-refractivity contribution < 1.29 is 28.6 Å². The molecule has 1 atom stereocenters. The van der Waals surface area contributed by atoms with Crippen LogP contribution in [0.2, 0.25) is 0 Å². The first kappa shape index (κ1) is 67.6. The highest BCUT2D eigenvalue weighted by atomic mass is 16.6. The molecule has 0 bridgehead atoms. The van der Waals surface area contributed by atoms with Crippen LogP contribution in [0.5, 0.6) is 0 Å². The average Bonchev–Trinajstić information content (AvgIpc) is 3.36. The Bertz CT molecular complexity index is 1170. The van der Waals surface area contributed by atoms with Gasteiger partial charge in [0.05, 0.1) is 0 Å². The zero-order valence-electron chi connectivity index (χ0n) is 47.1.